The molecule has 0 amide bonds. The van der Waals surface area contributed by atoms with Gasteiger partial charge in [-0.05, 0) is 18.3 Å². The molecule has 5 heteroatoms. The molecule has 5 nitrogen and oxygen atoms in total. The maximum absolute atomic E-state index is 7.70. The zero-order valence-electron chi connectivity index (χ0n) is 7.99. The predicted molar refractivity (Wildman–Crippen MR) is 60.7 cm³/mol. The molecule has 0 aliphatic heterocycles. The number of aromatic nitrogens is 2. The lowest BCUT2D eigenvalue weighted by Crippen LogP contribution is -2.03. The van der Waals surface area contributed by atoms with Crippen molar-refractivity contribution < 1.29 is 0 Å². The minimum atomic E-state index is 0.255. The summed E-state index contributed by atoms with van der Waals surface area (Å²) in [6.45, 7) is 0. The lowest BCUT2D eigenvalue weighted by Gasteiger charge is -2.04. The number of aromatic amines is 1. The number of nitrogens with one attached hydrogen (secondary N) is 2. The van der Waals surface area contributed by atoms with E-state index in [0.29, 0.717) is 11.3 Å². The van der Waals surface area contributed by atoms with Crippen molar-refractivity contribution in [2.45, 2.75) is 0 Å². The fraction of sp³-hybridized carbons (Fsp3) is 0. The SMILES string of the molecule is N=C(/C=C\N)c1cnc2[nH]ccc2c1N. The van der Waals surface area contributed by atoms with Crippen molar-refractivity contribution in [1.29, 1.82) is 5.41 Å². The molecule has 15 heavy (non-hydrogen) atoms. The molecule has 0 aliphatic carbocycles. The second-order valence-electron chi connectivity index (χ2n) is 3.10. The number of hydrogen-bond acceptors (Lipinski definition) is 4. The van der Waals surface area contributed by atoms with E-state index in [0.717, 1.165) is 11.0 Å². The summed E-state index contributed by atoms with van der Waals surface area (Å²) < 4.78 is 0. The van der Waals surface area contributed by atoms with E-state index >= 15 is 0 Å². The van der Waals surface area contributed by atoms with E-state index in [4.69, 9.17) is 16.9 Å². The number of nitrogens with two attached hydrogens (primary N) is 2. The number of rotatable bonds is 2. The number of nitrogens with zero attached hydrogens (tertiary/aromatic N) is 1. The molecule has 0 radical (unpaired) electrons. The second kappa shape index (κ2) is 3.45. The predicted octanol–water partition coefficient (Wildman–Crippen LogP) is 0.985. The van der Waals surface area contributed by atoms with Crippen LogP contribution in [0.2, 0.25) is 0 Å². The maximum atomic E-state index is 7.70. The van der Waals surface area contributed by atoms with Crippen molar-refractivity contribution in [1.82, 2.24) is 9.97 Å². The van der Waals surface area contributed by atoms with Gasteiger partial charge in [0.25, 0.3) is 0 Å². The van der Waals surface area contributed by atoms with Gasteiger partial charge in [0.2, 0.25) is 0 Å². The first-order valence-corrected chi connectivity index (χ1v) is 4.43. The molecule has 0 bridgehead atoms. The van der Waals surface area contributed by atoms with Crippen molar-refractivity contribution in [3.8, 4) is 0 Å². The zero-order chi connectivity index (χ0) is 10.8. The van der Waals surface area contributed by atoms with E-state index in [1.54, 1.807) is 12.4 Å². The molecule has 2 heterocycles. The van der Waals surface area contributed by atoms with Gasteiger partial charge in [-0.3, -0.25) is 0 Å². The molecule has 0 saturated heterocycles. The van der Waals surface area contributed by atoms with Crippen LogP contribution in [0.25, 0.3) is 11.0 Å². The van der Waals surface area contributed by atoms with Gasteiger partial charge in [0.15, 0.2) is 0 Å². The van der Waals surface area contributed by atoms with Crippen LogP contribution in [-0.2, 0) is 0 Å². The lowest BCUT2D eigenvalue weighted by molar-refractivity contribution is 1.31. The summed E-state index contributed by atoms with van der Waals surface area (Å²) in [6.07, 6.45) is 6.12. The molecule has 0 aromatic carbocycles. The molecule has 2 rings (SSSR count). The minimum absolute atomic E-state index is 0.255. The highest BCUT2D eigenvalue weighted by Crippen LogP contribution is 2.22. The van der Waals surface area contributed by atoms with Crippen LogP contribution < -0.4 is 11.5 Å². The van der Waals surface area contributed by atoms with Gasteiger partial charge in [0, 0.05) is 23.3 Å². The van der Waals surface area contributed by atoms with Crippen LogP contribution in [0.4, 0.5) is 5.69 Å². The molecule has 0 saturated carbocycles. The molecule has 2 aromatic heterocycles. The van der Waals surface area contributed by atoms with E-state index in [2.05, 4.69) is 9.97 Å². The Balaban J connectivity index is 2.62. The van der Waals surface area contributed by atoms with Gasteiger partial charge < -0.3 is 21.9 Å². The normalized spacial score (nSPS) is 11.2. The van der Waals surface area contributed by atoms with Crippen LogP contribution in [0.3, 0.4) is 0 Å². The summed E-state index contributed by atoms with van der Waals surface area (Å²) in [7, 11) is 0. The Morgan fingerprint density at radius 3 is 3.07 bits per heavy atom. The van der Waals surface area contributed by atoms with Crippen LogP contribution >= 0.6 is 0 Å². The first kappa shape index (κ1) is 9.26. The van der Waals surface area contributed by atoms with Gasteiger partial charge in [-0.15, -0.1) is 0 Å². The van der Waals surface area contributed by atoms with Gasteiger partial charge in [0.05, 0.1) is 11.4 Å². The van der Waals surface area contributed by atoms with Crippen LogP contribution in [0, 0.1) is 5.41 Å². The van der Waals surface area contributed by atoms with Crippen molar-refractivity contribution in [3.05, 3.63) is 36.3 Å². The first-order valence-electron chi connectivity index (χ1n) is 4.43. The molecular formula is C10H11N5. The lowest BCUT2D eigenvalue weighted by atomic mass is 10.1. The zero-order valence-corrected chi connectivity index (χ0v) is 7.99. The number of fused-ring (bicyclic) bond motifs is 1. The van der Waals surface area contributed by atoms with E-state index in [9.17, 15) is 0 Å². The third-order valence-corrected chi connectivity index (χ3v) is 2.18. The van der Waals surface area contributed by atoms with Gasteiger partial charge in [-0.1, -0.05) is 0 Å². The van der Waals surface area contributed by atoms with Crippen LogP contribution in [0.5, 0.6) is 0 Å². The summed E-state index contributed by atoms with van der Waals surface area (Å²) in [5.74, 6) is 0. The Morgan fingerprint density at radius 2 is 2.33 bits per heavy atom. The number of anilines is 1. The van der Waals surface area contributed by atoms with E-state index in [1.807, 2.05) is 6.07 Å². The number of allylic oxidation sites excluding steroid dienone is 1. The smallest absolute Gasteiger partial charge is 0.139 e. The molecule has 6 N–H and O–H groups in total. The molecule has 0 fully saturated rings. The van der Waals surface area contributed by atoms with Gasteiger partial charge in [0.1, 0.15) is 5.65 Å². The summed E-state index contributed by atoms with van der Waals surface area (Å²) in [4.78, 5) is 7.11. The van der Waals surface area contributed by atoms with Crippen molar-refractivity contribution in [3.63, 3.8) is 0 Å². The van der Waals surface area contributed by atoms with Crippen molar-refractivity contribution >= 4 is 22.4 Å². The fourth-order valence-corrected chi connectivity index (χ4v) is 1.43. The van der Waals surface area contributed by atoms with Gasteiger partial charge >= 0.3 is 0 Å². The van der Waals surface area contributed by atoms with E-state index < -0.39 is 0 Å². The topological polar surface area (TPSA) is 105 Å². The third-order valence-electron chi connectivity index (χ3n) is 2.18. The van der Waals surface area contributed by atoms with Crippen LogP contribution in [-0.4, -0.2) is 15.7 Å². The van der Waals surface area contributed by atoms with Gasteiger partial charge in [-0.25, -0.2) is 4.98 Å². The third kappa shape index (κ3) is 1.43. The second-order valence-corrected chi connectivity index (χ2v) is 3.10. The van der Waals surface area contributed by atoms with Crippen LogP contribution in [0.15, 0.2) is 30.7 Å². The monoisotopic (exact) mass is 201 g/mol. The standard InChI is InChI=1S/C10H11N5/c11-3-1-8(12)7-5-15-10-6(9(7)13)2-4-14-10/h1-5,12H,11H2,(H3,13,14,15)/b3-1-,12-8?. The van der Waals surface area contributed by atoms with E-state index in [-0.39, 0.29) is 5.71 Å². The summed E-state index contributed by atoms with van der Waals surface area (Å²) in [5.41, 5.74) is 13.3. The average Bonchev–Trinajstić information content (AvgIpc) is 2.67. The largest absolute Gasteiger partial charge is 0.405 e. The minimum Gasteiger partial charge on any atom is -0.405 e. The molecule has 76 valence electrons. The number of nitrogen functional groups attached to an aromatic ring is 1. The summed E-state index contributed by atoms with van der Waals surface area (Å²) in [6, 6.07) is 1.83. The Hall–Kier alpha value is -2.30. The highest BCUT2D eigenvalue weighted by molar-refractivity contribution is 6.13. The van der Waals surface area contributed by atoms with E-state index in [1.165, 1.54) is 12.3 Å². The number of pyridine rings is 1. The Kier molecular flexibility index (Phi) is 2.13. The number of hydrogen-bond donors (Lipinski definition) is 4. The molecule has 0 atom stereocenters. The maximum Gasteiger partial charge on any atom is 0.139 e. The summed E-state index contributed by atoms with van der Waals surface area (Å²) >= 11 is 0. The fourth-order valence-electron chi connectivity index (χ4n) is 1.43. The summed E-state index contributed by atoms with van der Waals surface area (Å²) in [5, 5.41) is 8.52. The Labute approximate surface area is 86.3 Å². The highest BCUT2D eigenvalue weighted by Gasteiger charge is 2.08. The first-order chi connectivity index (χ1) is 7.24. The Morgan fingerprint density at radius 1 is 1.53 bits per heavy atom. The van der Waals surface area contributed by atoms with Crippen molar-refractivity contribution in [2.75, 3.05) is 5.73 Å². The Bertz CT molecular complexity index is 538. The molecule has 0 aliphatic rings. The molecular weight excluding hydrogens is 190 g/mol. The number of H-pyrrole nitrogens is 1. The average molecular weight is 201 g/mol. The molecule has 0 unspecified atom stereocenters. The van der Waals surface area contributed by atoms with Crippen molar-refractivity contribution in [2.24, 2.45) is 5.73 Å². The van der Waals surface area contributed by atoms with Crippen LogP contribution in [0.1, 0.15) is 5.56 Å². The molecule has 0 spiro atoms. The highest BCUT2D eigenvalue weighted by atomic mass is 14.8. The van der Waals surface area contributed by atoms with Gasteiger partial charge in [-0.2, -0.15) is 0 Å². The quantitative estimate of drug-likeness (QED) is 0.544. The molecule has 2 aromatic rings.